The summed E-state index contributed by atoms with van der Waals surface area (Å²) in [6.45, 7) is 8.41. The molecule has 0 aliphatic rings. The van der Waals surface area contributed by atoms with Gasteiger partial charge in [0.2, 0.25) is 11.8 Å². The van der Waals surface area contributed by atoms with Crippen LogP contribution in [0.4, 0.5) is 0 Å². The van der Waals surface area contributed by atoms with Crippen LogP contribution in [0.5, 0.6) is 0 Å². The second kappa shape index (κ2) is 80.2. The molecule has 8 N–H and O–H groups in total. The van der Waals surface area contributed by atoms with Gasteiger partial charge in [0.1, 0.15) is 0 Å². The third kappa shape index (κ3) is 74.4. The highest BCUT2D eigenvalue weighted by molar-refractivity contribution is 5.76. The minimum Gasteiger partial charge on any atom is -0.394 e. The second-order valence-corrected chi connectivity index (χ2v) is 29.2. The van der Waals surface area contributed by atoms with Crippen molar-refractivity contribution in [2.24, 2.45) is 0 Å². The Hall–Kier alpha value is -1.82. The monoisotopic (exact) mass is 1330 g/mol. The van der Waals surface area contributed by atoms with Gasteiger partial charge in [-0.05, 0) is 25.7 Å². The van der Waals surface area contributed by atoms with E-state index < -0.39 is 36.5 Å². The van der Waals surface area contributed by atoms with Crippen LogP contribution < -0.4 is 10.6 Å². The molecule has 0 bridgehead atoms. The van der Waals surface area contributed by atoms with Gasteiger partial charge in [-0.25, -0.2) is 0 Å². The summed E-state index contributed by atoms with van der Waals surface area (Å²) in [4.78, 5) is 24.7. The molecular weight excluding hydrogens is 1160 g/mol. The van der Waals surface area contributed by atoms with E-state index in [9.17, 15) is 40.2 Å². The fourth-order valence-corrected chi connectivity index (χ4v) is 13.1. The molecule has 0 saturated carbocycles. The average molecular weight is 1330 g/mol. The van der Waals surface area contributed by atoms with E-state index in [-0.39, 0.29) is 25.0 Å². The SMILES string of the molecule is CCCCCCCCCCCCCCCCCCCCCCCC(=O)N[C@@H](CO)[C@H](O)/C=C/C(O)CCCCCCCCCCCC.CCCCCCCCCCCCCCCCCCCCCCCC(=O)N[C@@H](CO)[C@H](O)/C=C/C(O)CCCCCCCCCCCC. The number of hydrogen-bond acceptors (Lipinski definition) is 8. The molecule has 2 amide bonds. The molecule has 0 rings (SSSR count). The summed E-state index contributed by atoms with van der Waals surface area (Å²) >= 11 is 0. The van der Waals surface area contributed by atoms with Gasteiger partial charge in [0, 0.05) is 12.8 Å². The molecule has 0 aliphatic heterocycles. The molecule has 6 atom stereocenters. The number of aliphatic hydroxyl groups is 6. The molecule has 94 heavy (non-hydrogen) atoms. The van der Waals surface area contributed by atoms with Crippen LogP contribution in [0.2, 0.25) is 0 Å². The molecule has 0 aromatic carbocycles. The van der Waals surface area contributed by atoms with E-state index in [0.29, 0.717) is 25.7 Å². The van der Waals surface area contributed by atoms with Crippen molar-refractivity contribution in [2.75, 3.05) is 13.2 Å². The van der Waals surface area contributed by atoms with Crippen molar-refractivity contribution in [2.45, 2.75) is 488 Å². The summed E-state index contributed by atoms with van der Waals surface area (Å²) in [5.41, 5.74) is 0. The van der Waals surface area contributed by atoms with Crippen LogP contribution >= 0.6 is 0 Å². The van der Waals surface area contributed by atoms with Crippen molar-refractivity contribution in [1.29, 1.82) is 0 Å². The zero-order chi connectivity index (χ0) is 68.9. The summed E-state index contributed by atoms with van der Waals surface area (Å²) in [6, 6.07) is -1.48. The van der Waals surface area contributed by atoms with Gasteiger partial charge >= 0.3 is 0 Å². The summed E-state index contributed by atoms with van der Waals surface area (Å²) in [5.74, 6) is -0.250. The van der Waals surface area contributed by atoms with Crippen LogP contribution in [0.3, 0.4) is 0 Å². The van der Waals surface area contributed by atoms with E-state index in [1.54, 1.807) is 12.2 Å². The zero-order valence-electron chi connectivity index (χ0n) is 63.4. The summed E-state index contributed by atoms with van der Waals surface area (Å²) < 4.78 is 0. The maximum absolute atomic E-state index is 12.4. The molecule has 0 aromatic heterocycles. The largest absolute Gasteiger partial charge is 0.394 e. The predicted octanol–water partition coefficient (Wildman–Crippen LogP) is 23.3. The van der Waals surface area contributed by atoms with E-state index in [1.807, 2.05) is 0 Å². The Bertz CT molecular complexity index is 1420. The smallest absolute Gasteiger partial charge is 0.220 e. The van der Waals surface area contributed by atoms with Crippen LogP contribution in [0.15, 0.2) is 24.3 Å². The van der Waals surface area contributed by atoms with Gasteiger partial charge in [-0.15, -0.1) is 0 Å². The lowest BCUT2D eigenvalue weighted by Crippen LogP contribution is -2.45. The number of nitrogens with one attached hydrogen (secondary N) is 2. The van der Waals surface area contributed by atoms with Crippen molar-refractivity contribution in [3.63, 3.8) is 0 Å². The molecule has 10 heteroatoms. The van der Waals surface area contributed by atoms with Gasteiger partial charge < -0.3 is 41.3 Å². The first-order chi connectivity index (χ1) is 46.1. The maximum Gasteiger partial charge on any atom is 0.220 e. The van der Waals surface area contributed by atoms with Crippen molar-refractivity contribution in [1.82, 2.24) is 10.6 Å². The molecule has 0 spiro atoms. The Labute approximate surface area is 585 Å². The van der Waals surface area contributed by atoms with Gasteiger partial charge in [-0.2, -0.15) is 0 Å². The van der Waals surface area contributed by atoms with E-state index >= 15 is 0 Å². The van der Waals surface area contributed by atoms with Gasteiger partial charge in [-0.1, -0.05) is 437 Å². The Morgan fingerprint density at radius 3 is 0.574 bits per heavy atom. The van der Waals surface area contributed by atoms with Crippen molar-refractivity contribution < 1.29 is 40.2 Å². The minimum absolute atomic E-state index is 0.125. The van der Waals surface area contributed by atoms with Crippen LogP contribution in [0.25, 0.3) is 0 Å². The van der Waals surface area contributed by atoms with E-state index in [0.717, 1.165) is 64.2 Å². The highest BCUT2D eigenvalue weighted by atomic mass is 16.3. The molecule has 2 unspecified atom stereocenters. The zero-order valence-corrected chi connectivity index (χ0v) is 63.4. The lowest BCUT2D eigenvalue weighted by molar-refractivity contribution is -0.123. The predicted molar refractivity (Wildman–Crippen MR) is 408 cm³/mol. The molecule has 10 nitrogen and oxygen atoms in total. The number of hydrogen-bond donors (Lipinski definition) is 8. The van der Waals surface area contributed by atoms with Crippen molar-refractivity contribution in [3.8, 4) is 0 Å². The number of unbranched alkanes of at least 4 members (excludes halogenated alkanes) is 58. The molecule has 0 aromatic rings. The van der Waals surface area contributed by atoms with Gasteiger partial charge in [0.15, 0.2) is 0 Å². The van der Waals surface area contributed by atoms with Crippen LogP contribution in [-0.4, -0.2) is 92.2 Å². The minimum atomic E-state index is -1.01. The lowest BCUT2D eigenvalue weighted by Gasteiger charge is -2.20. The number of carbonyl (C=O) groups excluding carboxylic acids is 2. The lowest BCUT2D eigenvalue weighted by atomic mass is 10.0. The Kier molecular flexibility index (Phi) is 80.4. The Balaban J connectivity index is 0. The highest BCUT2D eigenvalue weighted by Gasteiger charge is 2.20. The molecule has 0 aliphatic carbocycles. The van der Waals surface area contributed by atoms with E-state index in [2.05, 4.69) is 38.3 Å². The van der Waals surface area contributed by atoms with E-state index in [1.165, 1.54) is 346 Å². The van der Waals surface area contributed by atoms with Crippen LogP contribution in [0, 0.1) is 0 Å². The fourth-order valence-electron chi connectivity index (χ4n) is 13.1. The number of aliphatic hydroxyl groups excluding tert-OH is 6. The number of amides is 2. The van der Waals surface area contributed by atoms with Crippen molar-refractivity contribution in [3.05, 3.63) is 24.3 Å². The molecule has 0 fully saturated rings. The first-order valence-electron chi connectivity index (χ1n) is 42.0. The van der Waals surface area contributed by atoms with Gasteiger partial charge in [0.05, 0.1) is 49.7 Å². The van der Waals surface area contributed by atoms with Gasteiger partial charge in [-0.3, -0.25) is 9.59 Å². The summed E-state index contributed by atoms with van der Waals surface area (Å²) in [5, 5.41) is 66.3. The Morgan fingerprint density at radius 2 is 0.404 bits per heavy atom. The topological polar surface area (TPSA) is 180 Å². The number of carbonyl (C=O) groups is 2. The molecule has 560 valence electrons. The molecule has 0 radical (unpaired) electrons. The molecule has 0 saturated heterocycles. The third-order valence-electron chi connectivity index (χ3n) is 19.7. The maximum atomic E-state index is 12.4. The van der Waals surface area contributed by atoms with Crippen LogP contribution in [0.1, 0.15) is 451 Å². The average Bonchev–Trinajstić information content (AvgIpc) is 2.83. The van der Waals surface area contributed by atoms with Crippen LogP contribution in [-0.2, 0) is 9.59 Å². The van der Waals surface area contributed by atoms with E-state index in [4.69, 9.17) is 0 Å². The highest BCUT2D eigenvalue weighted by Crippen LogP contribution is 2.20. The second-order valence-electron chi connectivity index (χ2n) is 29.2. The standard InChI is InChI=1S/2C42H83NO4/c2*1-3-5-7-9-11-13-15-16-17-18-19-20-21-22-23-24-25-27-29-31-33-35-42(47)43-40(38-44)41(46)37-36-39(45)34-32-30-28-26-14-12-10-8-6-4-2/h2*36-37,39-41,44-46H,3-35,38H2,1-2H3,(H,43,47)/b2*37-36+/t2*39?,40-,41+/m00/s1. The Morgan fingerprint density at radius 1 is 0.245 bits per heavy atom. The number of rotatable bonds is 76. The molecule has 0 heterocycles. The summed E-state index contributed by atoms with van der Waals surface area (Å²) in [7, 11) is 0. The van der Waals surface area contributed by atoms with Crippen molar-refractivity contribution >= 4 is 11.8 Å². The first kappa shape index (κ1) is 94.2. The fraction of sp³-hybridized carbons (Fsp3) is 0.929. The first-order valence-corrected chi connectivity index (χ1v) is 42.0. The summed E-state index contributed by atoms with van der Waals surface area (Å²) in [6.07, 6.45) is 86.7. The normalized spacial score (nSPS) is 13.7. The quantitative estimate of drug-likeness (QED) is 0.0219. The molecular formula is C84H166N2O8. The van der Waals surface area contributed by atoms with Gasteiger partial charge in [0.25, 0.3) is 0 Å². The third-order valence-corrected chi connectivity index (χ3v) is 19.7.